The molecule has 0 fully saturated rings. The Kier molecular flexibility index (Phi) is 2.82. The molecule has 0 aliphatic heterocycles. The van der Waals surface area contributed by atoms with Gasteiger partial charge in [-0.2, -0.15) is 13.2 Å². The van der Waals surface area contributed by atoms with Crippen molar-refractivity contribution in [3.05, 3.63) is 41.8 Å². The van der Waals surface area contributed by atoms with Gasteiger partial charge in [0, 0.05) is 0 Å². The van der Waals surface area contributed by atoms with Crippen molar-refractivity contribution >= 4 is 5.97 Å². The Labute approximate surface area is 98.6 Å². The molecule has 0 radical (unpaired) electrons. The predicted octanol–water partition coefficient (Wildman–Crippen LogP) is 3.06. The molecule has 0 spiro atoms. The number of carbonyl (C=O) groups is 1. The molecule has 0 saturated carbocycles. The van der Waals surface area contributed by atoms with Gasteiger partial charge in [0.1, 0.15) is 0 Å². The molecular weight excluding hydrogens is 251 g/mol. The predicted molar refractivity (Wildman–Crippen MR) is 53.9 cm³/mol. The summed E-state index contributed by atoms with van der Waals surface area (Å²) < 4.78 is 42.8. The van der Waals surface area contributed by atoms with Gasteiger partial charge < -0.3 is 9.63 Å². The molecule has 1 heterocycles. The number of nitrogens with zero attached hydrogens (tertiary/aromatic N) is 1. The summed E-state index contributed by atoms with van der Waals surface area (Å²) in [6.45, 7) is 0. The SMILES string of the molecule is O=C(O)c1oncc1-c1ccccc1C(F)(F)F. The van der Waals surface area contributed by atoms with Crippen molar-refractivity contribution in [1.82, 2.24) is 5.16 Å². The van der Waals surface area contributed by atoms with Crippen molar-refractivity contribution in [2.45, 2.75) is 6.18 Å². The Morgan fingerprint density at radius 3 is 2.50 bits per heavy atom. The summed E-state index contributed by atoms with van der Waals surface area (Å²) in [5.41, 5.74) is -1.41. The minimum Gasteiger partial charge on any atom is -0.475 e. The minimum atomic E-state index is -4.58. The fourth-order valence-electron chi connectivity index (χ4n) is 1.55. The summed E-state index contributed by atoms with van der Waals surface area (Å²) in [5, 5.41) is 12.0. The quantitative estimate of drug-likeness (QED) is 0.897. The van der Waals surface area contributed by atoms with E-state index in [1.54, 1.807) is 0 Å². The van der Waals surface area contributed by atoms with Gasteiger partial charge in [-0.15, -0.1) is 0 Å². The normalized spacial score (nSPS) is 11.5. The smallest absolute Gasteiger partial charge is 0.417 e. The fourth-order valence-corrected chi connectivity index (χ4v) is 1.55. The molecule has 4 nitrogen and oxygen atoms in total. The van der Waals surface area contributed by atoms with Crippen molar-refractivity contribution in [1.29, 1.82) is 0 Å². The lowest BCUT2D eigenvalue weighted by Crippen LogP contribution is -2.07. The van der Waals surface area contributed by atoms with E-state index in [1.165, 1.54) is 18.2 Å². The van der Waals surface area contributed by atoms with E-state index in [4.69, 9.17) is 5.11 Å². The Balaban J connectivity index is 2.65. The molecule has 1 aromatic heterocycles. The average molecular weight is 257 g/mol. The van der Waals surface area contributed by atoms with Gasteiger partial charge in [-0.05, 0) is 11.6 Å². The molecule has 18 heavy (non-hydrogen) atoms. The second kappa shape index (κ2) is 4.17. The maximum Gasteiger partial charge on any atom is 0.417 e. The van der Waals surface area contributed by atoms with E-state index in [2.05, 4.69) is 9.68 Å². The van der Waals surface area contributed by atoms with Crippen LogP contribution >= 0.6 is 0 Å². The number of carboxylic acid groups (broad SMARTS) is 1. The molecule has 0 aliphatic carbocycles. The highest BCUT2D eigenvalue weighted by molar-refractivity contribution is 5.93. The molecular formula is C11H6F3NO3. The Hall–Kier alpha value is -2.31. The first kappa shape index (κ1) is 12.2. The molecule has 0 saturated heterocycles. The van der Waals surface area contributed by atoms with Gasteiger partial charge in [-0.3, -0.25) is 0 Å². The van der Waals surface area contributed by atoms with Crippen molar-refractivity contribution in [3.63, 3.8) is 0 Å². The number of hydrogen-bond donors (Lipinski definition) is 1. The van der Waals surface area contributed by atoms with Crippen LogP contribution in [0.1, 0.15) is 16.1 Å². The molecule has 0 aliphatic rings. The van der Waals surface area contributed by atoms with Crippen LogP contribution in [-0.4, -0.2) is 16.2 Å². The zero-order valence-corrected chi connectivity index (χ0v) is 8.73. The van der Waals surface area contributed by atoms with Crippen LogP contribution in [0.15, 0.2) is 35.0 Å². The number of rotatable bonds is 2. The highest BCUT2D eigenvalue weighted by atomic mass is 19.4. The highest BCUT2D eigenvalue weighted by Crippen LogP contribution is 2.37. The van der Waals surface area contributed by atoms with E-state index in [1.807, 2.05) is 0 Å². The molecule has 2 aromatic rings. The monoisotopic (exact) mass is 257 g/mol. The number of halogens is 3. The second-order valence-corrected chi connectivity index (χ2v) is 3.42. The summed E-state index contributed by atoms with van der Waals surface area (Å²) in [6.07, 6.45) is -3.63. The number of hydrogen-bond acceptors (Lipinski definition) is 3. The van der Waals surface area contributed by atoms with Crippen molar-refractivity contribution in [2.24, 2.45) is 0 Å². The lowest BCUT2D eigenvalue weighted by Gasteiger charge is -2.11. The van der Waals surface area contributed by atoms with Crippen LogP contribution in [0, 0.1) is 0 Å². The first-order chi connectivity index (χ1) is 8.41. The molecule has 94 valence electrons. The first-order valence-corrected chi connectivity index (χ1v) is 4.76. The zero-order valence-electron chi connectivity index (χ0n) is 8.73. The number of aromatic nitrogens is 1. The highest BCUT2D eigenvalue weighted by Gasteiger charge is 2.35. The van der Waals surface area contributed by atoms with Gasteiger partial charge in [-0.25, -0.2) is 4.79 Å². The van der Waals surface area contributed by atoms with Crippen molar-refractivity contribution < 1.29 is 27.6 Å². The largest absolute Gasteiger partial charge is 0.475 e. The first-order valence-electron chi connectivity index (χ1n) is 4.76. The fraction of sp³-hybridized carbons (Fsp3) is 0.0909. The number of carboxylic acids is 1. The number of benzene rings is 1. The minimum absolute atomic E-state index is 0.199. The van der Waals surface area contributed by atoms with Gasteiger partial charge >= 0.3 is 12.1 Å². The third-order valence-corrected chi connectivity index (χ3v) is 2.29. The van der Waals surface area contributed by atoms with Crippen LogP contribution in [0.25, 0.3) is 11.1 Å². The van der Waals surface area contributed by atoms with Crippen molar-refractivity contribution in [2.75, 3.05) is 0 Å². The van der Waals surface area contributed by atoms with Crippen LogP contribution < -0.4 is 0 Å². The molecule has 0 atom stereocenters. The maximum absolute atomic E-state index is 12.8. The molecule has 0 unspecified atom stereocenters. The van der Waals surface area contributed by atoms with Crippen LogP contribution in [0.5, 0.6) is 0 Å². The van der Waals surface area contributed by atoms with E-state index in [0.717, 1.165) is 12.3 Å². The van der Waals surface area contributed by atoms with Crippen LogP contribution in [0.3, 0.4) is 0 Å². The number of aromatic carboxylic acids is 1. The zero-order chi connectivity index (χ0) is 13.3. The van der Waals surface area contributed by atoms with Gasteiger partial charge in [0.15, 0.2) is 0 Å². The van der Waals surface area contributed by atoms with E-state index in [9.17, 15) is 18.0 Å². The summed E-state index contributed by atoms with van der Waals surface area (Å²) in [5.74, 6) is -2.09. The Morgan fingerprint density at radius 1 is 1.22 bits per heavy atom. The van der Waals surface area contributed by atoms with E-state index in [-0.39, 0.29) is 11.1 Å². The van der Waals surface area contributed by atoms with Gasteiger partial charge in [-0.1, -0.05) is 23.4 Å². The van der Waals surface area contributed by atoms with Crippen LogP contribution in [-0.2, 0) is 6.18 Å². The summed E-state index contributed by atoms with van der Waals surface area (Å²) in [6, 6.07) is 4.64. The molecule has 2 rings (SSSR count). The molecule has 1 N–H and O–H groups in total. The second-order valence-electron chi connectivity index (χ2n) is 3.42. The maximum atomic E-state index is 12.8. The van der Waals surface area contributed by atoms with E-state index in [0.29, 0.717) is 0 Å². The molecule has 0 amide bonds. The van der Waals surface area contributed by atoms with Crippen LogP contribution in [0.4, 0.5) is 13.2 Å². The standard InChI is InChI=1S/C11H6F3NO3/c12-11(13,14)8-4-2-1-3-6(8)7-5-15-18-9(7)10(16)17/h1-5H,(H,16,17). The third kappa shape index (κ3) is 2.06. The molecule has 7 heteroatoms. The van der Waals surface area contributed by atoms with Crippen molar-refractivity contribution in [3.8, 4) is 11.1 Å². The molecule has 1 aromatic carbocycles. The van der Waals surface area contributed by atoms with E-state index < -0.39 is 23.5 Å². The van der Waals surface area contributed by atoms with Crippen LogP contribution in [0.2, 0.25) is 0 Å². The van der Waals surface area contributed by atoms with E-state index >= 15 is 0 Å². The van der Waals surface area contributed by atoms with Gasteiger partial charge in [0.25, 0.3) is 5.76 Å². The Bertz CT molecular complexity index is 589. The lowest BCUT2D eigenvalue weighted by atomic mass is 10.00. The average Bonchev–Trinajstić information content (AvgIpc) is 2.76. The topological polar surface area (TPSA) is 63.3 Å². The number of alkyl halides is 3. The third-order valence-electron chi connectivity index (χ3n) is 2.29. The van der Waals surface area contributed by atoms with Gasteiger partial charge in [0.05, 0.1) is 17.3 Å². The van der Waals surface area contributed by atoms with Gasteiger partial charge in [0.2, 0.25) is 0 Å². The lowest BCUT2D eigenvalue weighted by molar-refractivity contribution is -0.137. The summed E-state index contributed by atoms with van der Waals surface area (Å²) >= 11 is 0. The molecule has 0 bridgehead atoms. The Morgan fingerprint density at radius 2 is 1.89 bits per heavy atom. The summed E-state index contributed by atoms with van der Waals surface area (Å²) in [7, 11) is 0. The summed E-state index contributed by atoms with van der Waals surface area (Å²) in [4.78, 5) is 10.8.